The van der Waals surface area contributed by atoms with E-state index in [1.54, 1.807) is 37.3 Å². The van der Waals surface area contributed by atoms with E-state index in [2.05, 4.69) is 0 Å². The molecule has 0 atom stereocenters. The molecule has 5 nitrogen and oxygen atoms in total. The number of fused-ring (bicyclic) bond motifs is 1. The number of hydrogen-bond donors (Lipinski definition) is 1. The molecule has 0 aliphatic heterocycles. The van der Waals surface area contributed by atoms with Crippen molar-refractivity contribution in [3.05, 3.63) is 63.8 Å². The third kappa shape index (κ3) is 2.68. The quantitative estimate of drug-likeness (QED) is 0.720. The number of ether oxygens (including phenoxy) is 1. The van der Waals surface area contributed by atoms with Gasteiger partial charge in [-0.25, -0.2) is 4.79 Å². The lowest BCUT2D eigenvalue weighted by Gasteiger charge is -2.10. The van der Waals surface area contributed by atoms with Crippen LogP contribution in [0.4, 0.5) is 4.79 Å². The summed E-state index contributed by atoms with van der Waals surface area (Å²) in [5.74, 6) is -0.210. The average Bonchev–Trinajstić information content (AvgIpc) is 2.49. The van der Waals surface area contributed by atoms with Crippen molar-refractivity contribution in [3.8, 4) is 17.1 Å². The molecule has 1 N–H and O–H groups in total. The highest BCUT2D eigenvalue weighted by atomic mass is 16.7. The van der Waals surface area contributed by atoms with Gasteiger partial charge in [-0.1, -0.05) is 36.4 Å². The molecule has 0 aliphatic carbocycles. The van der Waals surface area contributed by atoms with Gasteiger partial charge in [0, 0.05) is 5.56 Å². The standard InChI is InChI=1S/C18H14O5/c1-10-8-11(2)14-13(9-10)22-16(12-6-4-3-5-7-12)17(15(14)19)23-18(20)21/h3-9H,1-2H3,(H,20,21). The molecule has 0 fully saturated rings. The predicted octanol–water partition coefficient (Wildman–Crippen LogP) is 4.13. The monoisotopic (exact) mass is 310 g/mol. The molecule has 0 spiro atoms. The maximum atomic E-state index is 12.7. The molecule has 3 rings (SSSR count). The molecule has 1 heterocycles. The van der Waals surface area contributed by atoms with E-state index in [9.17, 15) is 9.59 Å². The van der Waals surface area contributed by atoms with Gasteiger partial charge >= 0.3 is 6.16 Å². The zero-order valence-electron chi connectivity index (χ0n) is 12.6. The van der Waals surface area contributed by atoms with Gasteiger partial charge in [-0.2, -0.15) is 0 Å². The van der Waals surface area contributed by atoms with E-state index in [1.165, 1.54) is 0 Å². The molecule has 23 heavy (non-hydrogen) atoms. The minimum absolute atomic E-state index is 0.107. The van der Waals surface area contributed by atoms with Gasteiger partial charge in [0.15, 0.2) is 5.76 Å². The van der Waals surface area contributed by atoms with Crippen LogP contribution in [-0.4, -0.2) is 11.3 Å². The van der Waals surface area contributed by atoms with Gasteiger partial charge in [-0.15, -0.1) is 0 Å². The number of benzene rings is 2. The molecule has 0 saturated heterocycles. The molecular weight excluding hydrogens is 296 g/mol. The zero-order chi connectivity index (χ0) is 16.6. The van der Waals surface area contributed by atoms with Crippen LogP contribution in [0.5, 0.6) is 5.75 Å². The maximum Gasteiger partial charge on any atom is 0.511 e. The molecule has 0 bridgehead atoms. The van der Waals surface area contributed by atoms with Crippen LogP contribution in [0.2, 0.25) is 0 Å². The number of carboxylic acid groups (broad SMARTS) is 1. The summed E-state index contributed by atoms with van der Waals surface area (Å²) in [6.45, 7) is 3.68. The molecule has 0 unspecified atom stereocenters. The number of aryl methyl sites for hydroxylation is 2. The summed E-state index contributed by atoms with van der Waals surface area (Å²) >= 11 is 0. The Balaban J connectivity index is 2.42. The van der Waals surface area contributed by atoms with Gasteiger partial charge in [0.2, 0.25) is 11.2 Å². The van der Waals surface area contributed by atoms with Crippen molar-refractivity contribution in [2.24, 2.45) is 0 Å². The lowest BCUT2D eigenvalue weighted by molar-refractivity contribution is 0.143. The highest BCUT2D eigenvalue weighted by Crippen LogP contribution is 2.32. The first-order valence-electron chi connectivity index (χ1n) is 7.01. The van der Waals surface area contributed by atoms with E-state index in [-0.39, 0.29) is 11.5 Å². The van der Waals surface area contributed by atoms with Gasteiger partial charge < -0.3 is 14.3 Å². The van der Waals surface area contributed by atoms with Gasteiger partial charge in [0.25, 0.3) is 0 Å². The zero-order valence-corrected chi connectivity index (χ0v) is 12.6. The Morgan fingerprint density at radius 2 is 1.83 bits per heavy atom. The van der Waals surface area contributed by atoms with Crippen LogP contribution in [0.3, 0.4) is 0 Å². The molecule has 5 heteroatoms. The van der Waals surface area contributed by atoms with Crippen molar-refractivity contribution < 1.29 is 19.1 Å². The van der Waals surface area contributed by atoms with Gasteiger partial charge in [-0.05, 0) is 31.0 Å². The fourth-order valence-corrected chi connectivity index (χ4v) is 2.63. The summed E-state index contributed by atoms with van der Waals surface area (Å²) in [5.41, 5.74) is 2.14. The van der Waals surface area contributed by atoms with Gasteiger partial charge in [0.1, 0.15) is 5.58 Å². The van der Waals surface area contributed by atoms with Crippen molar-refractivity contribution in [1.29, 1.82) is 0 Å². The Kier molecular flexibility index (Phi) is 3.62. The summed E-state index contributed by atoms with van der Waals surface area (Å²) in [6, 6.07) is 12.4. The van der Waals surface area contributed by atoms with Crippen LogP contribution >= 0.6 is 0 Å². The van der Waals surface area contributed by atoms with Crippen LogP contribution in [0.25, 0.3) is 22.3 Å². The van der Waals surface area contributed by atoms with E-state index in [0.29, 0.717) is 22.1 Å². The third-order valence-corrected chi connectivity index (χ3v) is 3.52. The van der Waals surface area contributed by atoms with Crippen LogP contribution in [-0.2, 0) is 0 Å². The van der Waals surface area contributed by atoms with Crippen molar-refractivity contribution in [3.63, 3.8) is 0 Å². The summed E-state index contributed by atoms with van der Waals surface area (Å²) in [4.78, 5) is 23.7. The second-order valence-electron chi connectivity index (χ2n) is 5.28. The lowest BCUT2D eigenvalue weighted by Crippen LogP contribution is -2.14. The Morgan fingerprint density at radius 1 is 1.13 bits per heavy atom. The van der Waals surface area contributed by atoms with Crippen molar-refractivity contribution in [2.75, 3.05) is 0 Å². The third-order valence-electron chi connectivity index (χ3n) is 3.52. The second kappa shape index (κ2) is 5.61. The van der Waals surface area contributed by atoms with Gasteiger partial charge in [-0.3, -0.25) is 4.79 Å². The maximum absolute atomic E-state index is 12.7. The van der Waals surface area contributed by atoms with Crippen molar-refractivity contribution in [1.82, 2.24) is 0 Å². The Hall–Kier alpha value is -3.08. The van der Waals surface area contributed by atoms with E-state index < -0.39 is 11.6 Å². The average molecular weight is 310 g/mol. The Morgan fingerprint density at radius 3 is 2.48 bits per heavy atom. The molecule has 0 saturated carbocycles. The summed E-state index contributed by atoms with van der Waals surface area (Å²) in [5, 5.41) is 9.27. The number of rotatable bonds is 2. The summed E-state index contributed by atoms with van der Waals surface area (Å²) in [7, 11) is 0. The topological polar surface area (TPSA) is 76.7 Å². The number of carbonyl (C=O) groups is 1. The van der Waals surface area contributed by atoms with Crippen molar-refractivity contribution >= 4 is 17.1 Å². The van der Waals surface area contributed by atoms with Crippen LogP contribution in [0.1, 0.15) is 11.1 Å². The molecule has 0 radical (unpaired) electrons. The summed E-state index contributed by atoms with van der Waals surface area (Å²) < 4.78 is 10.6. The second-order valence-corrected chi connectivity index (χ2v) is 5.28. The molecule has 2 aromatic carbocycles. The Bertz CT molecular complexity index is 955. The molecule has 116 valence electrons. The normalized spacial score (nSPS) is 10.7. The SMILES string of the molecule is Cc1cc(C)c2c(=O)c(OC(=O)O)c(-c3ccccc3)oc2c1. The largest absolute Gasteiger partial charge is 0.511 e. The highest BCUT2D eigenvalue weighted by Gasteiger charge is 2.21. The fraction of sp³-hybridized carbons (Fsp3) is 0.111. The molecule has 0 amide bonds. The van der Waals surface area contributed by atoms with E-state index in [4.69, 9.17) is 14.3 Å². The fourth-order valence-electron chi connectivity index (χ4n) is 2.63. The first kappa shape index (κ1) is 14.8. The molecular formula is C18H14O5. The highest BCUT2D eigenvalue weighted by molar-refractivity contribution is 5.86. The first-order valence-corrected chi connectivity index (χ1v) is 7.01. The molecule has 1 aromatic heterocycles. The lowest BCUT2D eigenvalue weighted by atomic mass is 10.0. The molecule has 0 aliphatic rings. The minimum atomic E-state index is -1.56. The minimum Gasteiger partial charge on any atom is -0.452 e. The van der Waals surface area contributed by atoms with Crippen LogP contribution < -0.4 is 10.2 Å². The van der Waals surface area contributed by atoms with E-state index in [0.717, 1.165) is 5.56 Å². The van der Waals surface area contributed by atoms with Gasteiger partial charge in [0.05, 0.1) is 5.39 Å². The smallest absolute Gasteiger partial charge is 0.452 e. The summed E-state index contributed by atoms with van der Waals surface area (Å²) in [6.07, 6.45) is -1.56. The van der Waals surface area contributed by atoms with Crippen LogP contribution in [0, 0.1) is 13.8 Å². The molecule has 3 aromatic rings. The van der Waals surface area contributed by atoms with E-state index >= 15 is 0 Å². The Labute approximate surface area is 131 Å². The van der Waals surface area contributed by atoms with Crippen LogP contribution in [0.15, 0.2) is 51.7 Å². The first-order chi connectivity index (χ1) is 11.0. The van der Waals surface area contributed by atoms with Crippen molar-refractivity contribution in [2.45, 2.75) is 13.8 Å². The number of hydrogen-bond acceptors (Lipinski definition) is 4. The predicted molar refractivity (Wildman–Crippen MR) is 86.0 cm³/mol. The van der Waals surface area contributed by atoms with E-state index in [1.807, 2.05) is 19.1 Å².